The summed E-state index contributed by atoms with van der Waals surface area (Å²) in [6.45, 7) is 2.14. The minimum Gasteiger partial charge on any atom is -0.504 e. The first-order valence-corrected chi connectivity index (χ1v) is 10.0. The molecular weight excluding hydrogens is 382 g/mol. The molecule has 25 heavy (non-hydrogen) atoms. The third-order valence-corrected chi connectivity index (χ3v) is 8.61. The molecule has 130 valence electrons. The molecule has 4 atom stereocenters. The second kappa shape index (κ2) is 4.49. The molecule has 6 rings (SSSR count). The van der Waals surface area contributed by atoms with Crippen LogP contribution in [0.15, 0.2) is 24.3 Å². The normalized spacial score (nSPS) is 40.8. The van der Waals surface area contributed by atoms with Crippen molar-refractivity contribution in [3.8, 4) is 11.5 Å². The highest BCUT2D eigenvalue weighted by Crippen LogP contribution is 2.66. The number of nitrogens with zero attached hydrogens (tertiary/aromatic N) is 1. The topological polar surface area (TPSA) is 49.8 Å². The van der Waals surface area contributed by atoms with E-state index in [4.69, 9.17) is 4.74 Å². The minimum atomic E-state index is -0.523. The van der Waals surface area contributed by atoms with Crippen LogP contribution >= 0.6 is 15.9 Å². The van der Waals surface area contributed by atoms with E-state index in [0.717, 1.165) is 37.4 Å². The number of carbonyl (C=O) groups excluding carboxylic acids is 1. The van der Waals surface area contributed by atoms with Crippen molar-refractivity contribution < 1.29 is 14.6 Å². The van der Waals surface area contributed by atoms with E-state index in [1.54, 1.807) is 12.1 Å². The van der Waals surface area contributed by atoms with Crippen molar-refractivity contribution in [1.29, 1.82) is 0 Å². The summed E-state index contributed by atoms with van der Waals surface area (Å²) in [7, 11) is 0. The lowest BCUT2D eigenvalue weighted by Crippen LogP contribution is -2.72. The maximum absolute atomic E-state index is 12.7. The SMILES string of the molecule is O=C1C=C[C@@]2(Br)C3Cc4ccc(O)c5c4C2(CCN3CC2CC2)[C@H]1O5. The molecule has 0 radical (unpaired) electrons. The van der Waals surface area contributed by atoms with E-state index < -0.39 is 11.5 Å². The van der Waals surface area contributed by atoms with Gasteiger partial charge in [0.1, 0.15) is 0 Å². The van der Waals surface area contributed by atoms with E-state index >= 15 is 0 Å². The molecule has 0 amide bonds. The molecule has 3 aliphatic carbocycles. The van der Waals surface area contributed by atoms with E-state index in [-0.39, 0.29) is 15.9 Å². The summed E-state index contributed by atoms with van der Waals surface area (Å²) in [5.74, 6) is 1.56. The van der Waals surface area contributed by atoms with Gasteiger partial charge < -0.3 is 9.84 Å². The summed E-state index contributed by atoms with van der Waals surface area (Å²) < 4.78 is 5.81. The molecule has 2 bridgehead atoms. The third-order valence-electron chi connectivity index (χ3n) is 7.11. The summed E-state index contributed by atoms with van der Waals surface area (Å²) in [4.78, 5) is 15.3. The monoisotopic (exact) mass is 401 g/mol. The Hall–Kier alpha value is -1.33. The van der Waals surface area contributed by atoms with Gasteiger partial charge in [-0.1, -0.05) is 28.1 Å². The fourth-order valence-corrected chi connectivity index (χ4v) is 7.00. The van der Waals surface area contributed by atoms with Gasteiger partial charge in [0.25, 0.3) is 0 Å². The lowest BCUT2D eigenvalue weighted by molar-refractivity contribution is -0.126. The number of piperidine rings is 1. The highest BCUT2D eigenvalue weighted by molar-refractivity contribution is 9.10. The summed E-state index contributed by atoms with van der Waals surface area (Å²) in [6, 6.07) is 4.08. The maximum Gasteiger partial charge on any atom is 0.196 e. The van der Waals surface area contributed by atoms with Crippen LogP contribution in [-0.2, 0) is 16.6 Å². The number of halogens is 1. The van der Waals surface area contributed by atoms with Crippen LogP contribution in [-0.4, -0.2) is 45.3 Å². The average molecular weight is 402 g/mol. The Morgan fingerprint density at radius 3 is 3.00 bits per heavy atom. The largest absolute Gasteiger partial charge is 0.504 e. The number of alkyl halides is 1. The van der Waals surface area contributed by atoms with Crippen molar-refractivity contribution >= 4 is 21.7 Å². The Labute approximate surface area is 155 Å². The van der Waals surface area contributed by atoms with Crippen LogP contribution < -0.4 is 4.74 Å². The van der Waals surface area contributed by atoms with E-state index in [2.05, 4.69) is 26.9 Å². The number of rotatable bonds is 2. The van der Waals surface area contributed by atoms with Crippen LogP contribution in [0.25, 0.3) is 0 Å². The number of hydrogen-bond acceptors (Lipinski definition) is 4. The van der Waals surface area contributed by atoms with Crippen molar-refractivity contribution in [2.24, 2.45) is 5.92 Å². The molecule has 1 spiro atoms. The molecule has 1 aromatic rings. The summed E-state index contributed by atoms with van der Waals surface area (Å²) in [5, 5.41) is 10.4. The molecule has 0 aromatic heterocycles. The Morgan fingerprint density at radius 2 is 2.20 bits per heavy atom. The molecule has 1 N–H and O–H groups in total. The highest BCUT2D eigenvalue weighted by atomic mass is 79.9. The molecule has 2 heterocycles. The highest BCUT2D eigenvalue weighted by Gasteiger charge is 2.71. The van der Waals surface area contributed by atoms with E-state index in [0.29, 0.717) is 11.8 Å². The zero-order valence-corrected chi connectivity index (χ0v) is 15.5. The number of likely N-dealkylation sites (tertiary alicyclic amines) is 1. The van der Waals surface area contributed by atoms with Crippen LogP contribution in [0.4, 0.5) is 0 Å². The van der Waals surface area contributed by atoms with Crippen LogP contribution in [0.1, 0.15) is 30.4 Å². The van der Waals surface area contributed by atoms with E-state index in [1.807, 2.05) is 6.07 Å². The predicted molar refractivity (Wildman–Crippen MR) is 96.4 cm³/mol. The van der Waals surface area contributed by atoms with Gasteiger partial charge in [-0.15, -0.1) is 0 Å². The molecular formula is C20H20BrNO3. The quantitative estimate of drug-likeness (QED) is 0.773. The number of aromatic hydroxyl groups is 1. The van der Waals surface area contributed by atoms with Gasteiger partial charge in [-0.05, 0) is 55.9 Å². The summed E-state index contributed by atoms with van der Waals surface area (Å²) in [5.41, 5.74) is 1.92. The Morgan fingerprint density at radius 1 is 1.36 bits per heavy atom. The van der Waals surface area contributed by atoms with E-state index in [1.165, 1.54) is 18.4 Å². The molecule has 1 saturated carbocycles. The molecule has 5 aliphatic rings. The van der Waals surface area contributed by atoms with E-state index in [9.17, 15) is 9.90 Å². The second-order valence-corrected chi connectivity index (χ2v) is 9.64. The van der Waals surface area contributed by atoms with Crippen molar-refractivity contribution in [1.82, 2.24) is 4.90 Å². The molecule has 2 aliphatic heterocycles. The first-order valence-electron chi connectivity index (χ1n) is 9.22. The number of phenolic OH excluding ortho intramolecular Hbond substituents is 1. The first kappa shape index (κ1) is 14.8. The fourth-order valence-electron chi connectivity index (χ4n) is 5.81. The first-order chi connectivity index (χ1) is 12.0. The lowest BCUT2D eigenvalue weighted by Gasteiger charge is -2.61. The fraction of sp³-hybridized carbons (Fsp3) is 0.550. The molecule has 2 fully saturated rings. The van der Waals surface area contributed by atoms with Crippen LogP contribution in [0.3, 0.4) is 0 Å². The Bertz CT molecular complexity index is 848. The molecule has 4 nitrogen and oxygen atoms in total. The number of hydrogen-bond donors (Lipinski definition) is 1. The van der Waals surface area contributed by atoms with Crippen molar-refractivity contribution in [3.05, 3.63) is 35.4 Å². The van der Waals surface area contributed by atoms with Crippen LogP contribution in [0.5, 0.6) is 11.5 Å². The Kier molecular flexibility index (Phi) is 2.66. The van der Waals surface area contributed by atoms with Crippen LogP contribution in [0.2, 0.25) is 0 Å². The van der Waals surface area contributed by atoms with Crippen molar-refractivity contribution in [2.75, 3.05) is 13.1 Å². The van der Waals surface area contributed by atoms with Gasteiger partial charge in [-0.3, -0.25) is 9.69 Å². The molecule has 1 aromatic carbocycles. The van der Waals surface area contributed by atoms with Gasteiger partial charge in [0.2, 0.25) is 0 Å². The number of phenols is 1. The minimum absolute atomic E-state index is 0.0212. The maximum atomic E-state index is 12.7. The van der Waals surface area contributed by atoms with Gasteiger partial charge in [-0.25, -0.2) is 0 Å². The smallest absolute Gasteiger partial charge is 0.196 e. The second-order valence-electron chi connectivity index (χ2n) is 8.33. The number of ether oxygens (including phenoxy) is 1. The number of benzene rings is 1. The lowest BCUT2D eigenvalue weighted by atomic mass is 9.53. The number of ketones is 1. The average Bonchev–Trinajstić information content (AvgIpc) is 3.32. The van der Waals surface area contributed by atoms with Gasteiger partial charge in [0.15, 0.2) is 23.4 Å². The zero-order valence-electron chi connectivity index (χ0n) is 13.9. The summed E-state index contributed by atoms with van der Waals surface area (Å²) in [6.07, 6.45) is 7.75. The standard InChI is InChI=1S/C20H20BrNO3/c21-20-6-5-14(24)18-19(20)7-8-22(10-11-1-2-11)15(20)9-12-3-4-13(23)17(25-18)16(12)19/h3-6,11,15,18,23H,1-2,7-10H2/t15?,18-,19?,20+/m0/s1. The van der Waals surface area contributed by atoms with Gasteiger partial charge in [0.05, 0.1) is 9.74 Å². The van der Waals surface area contributed by atoms with Gasteiger partial charge >= 0.3 is 0 Å². The molecule has 1 saturated heterocycles. The van der Waals surface area contributed by atoms with Gasteiger partial charge in [-0.2, -0.15) is 0 Å². The van der Waals surface area contributed by atoms with Crippen molar-refractivity contribution in [2.45, 2.75) is 47.6 Å². The van der Waals surface area contributed by atoms with Gasteiger partial charge in [0, 0.05) is 18.2 Å². The zero-order chi connectivity index (χ0) is 17.0. The predicted octanol–water partition coefficient (Wildman–Crippen LogP) is 2.70. The molecule has 5 heteroatoms. The van der Waals surface area contributed by atoms with Crippen molar-refractivity contribution in [3.63, 3.8) is 0 Å². The third kappa shape index (κ3) is 1.61. The Balaban J connectivity index is 1.60. The molecule has 2 unspecified atom stereocenters. The summed E-state index contributed by atoms with van der Waals surface area (Å²) >= 11 is 4.11. The number of carbonyl (C=O) groups is 1. The van der Waals surface area contributed by atoms with Crippen LogP contribution in [0, 0.1) is 5.92 Å².